The van der Waals surface area contributed by atoms with Gasteiger partial charge in [-0.25, -0.2) is 0 Å². The number of nitrogens with one attached hydrogen (secondary N) is 1. The van der Waals surface area contributed by atoms with Gasteiger partial charge in [-0.3, -0.25) is 0 Å². The molecule has 2 fully saturated rings. The number of hydrogen-bond donors (Lipinski definition) is 1. The third-order valence-electron chi connectivity index (χ3n) is 4.20. The molecule has 18 heavy (non-hydrogen) atoms. The summed E-state index contributed by atoms with van der Waals surface area (Å²) in [5.74, 6) is 1.91. The van der Waals surface area contributed by atoms with Gasteiger partial charge in [0.05, 0.1) is 5.92 Å². The Kier molecular flexibility index (Phi) is 3.35. The Labute approximate surface area is 107 Å². The van der Waals surface area contributed by atoms with Gasteiger partial charge >= 0.3 is 0 Å². The molecule has 2 aliphatic heterocycles. The summed E-state index contributed by atoms with van der Waals surface area (Å²) in [5.41, 5.74) is 0. The fourth-order valence-corrected chi connectivity index (χ4v) is 3.24. The summed E-state index contributed by atoms with van der Waals surface area (Å²) in [6.07, 6.45) is 5.62. The summed E-state index contributed by atoms with van der Waals surface area (Å²) < 4.78 is 10.9. The molecule has 3 rings (SSSR count). The fourth-order valence-electron chi connectivity index (χ4n) is 3.24. The van der Waals surface area contributed by atoms with Crippen LogP contribution in [-0.4, -0.2) is 29.3 Å². The van der Waals surface area contributed by atoms with Crippen LogP contribution >= 0.6 is 0 Å². The van der Waals surface area contributed by atoms with E-state index in [0.717, 1.165) is 25.2 Å². The van der Waals surface area contributed by atoms with Crippen molar-refractivity contribution in [2.45, 2.75) is 63.1 Å². The summed E-state index contributed by atoms with van der Waals surface area (Å²) in [6, 6.07) is 1.19. The van der Waals surface area contributed by atoms with Crippen LogP contribution in [-0.2, 0) is 4.74 Å². The number of fused-ring (bicyclic) bond motifs is 2. The van der Waals surface area contributed by atoms with Gasteiger partial charge in [0, 0.05) is 19.2 Å². The largest absolute Gasteiger partial charge is 0.373 e. The van der Waals surface area contributed by atoms with E-state index in [1.807, 2.05) is 0 Å². The average Bonchev–Trinajstić information content (AvgIpc) is 3.10. The summed E-state index contributed by atoms with van der Waals surface area (Å²) >= 11 is 0. The molecule has 2 bridgehead atoms. The first kappa shape index (κ1) is 12.1. The Morgan fingerprint density at radius 2 is 2.39 bits per heavy atom. The zero-order valence-electron chi connectivity index (χ0n) is 11.1. The Morgan fingerprint density at radius 3 is 3.00 bits per heavy atom. The molecule has 0 spiro atoms. The SMILES string of the molecule is CCCC(OC)c1noc(C2CC3CCC2N3)n1. The van der Waals surface area contributed by atoms with Crippen LogP contribution in [0.15, 0.2) is 4.52 Å². The summed E-state index contributed by atoms with van der Waals surface area (Å²) in [5, 5.41) is 7.69. The third kappa shape index (κ3) is 2.06. The Bertz CT molecular complexity index is 407. The van der Waals surface area contributed by atoms with Crippen LogP contribution in [0.3, 0.4) is 0 Å². The maximum Gasteiger partial charge on any atom is 0.231 e. The Morgan fingerprint density at radius 1 is 1.50 bits per heavy atom. The van der Waals surface area contributed by atoms with E-state index < -0.39 is 0 Å². The maximum absolute atomic E-state index is 5.45. The van der Waals surface area contributed by atoms with Crippen molar-refractivity contribution >= 4 is 0 Å². The molecule has 0 radical (unpaired) electrons. The molecule has 1 N–H and O–H groups in total. The third-order valence-corrected chi connectivity index (χ3v) is 4.20. The van der Waals surface area contributed by atoms with E-state index in [4.69, 9.17) is 9.26 Å². The fraction of sp³-hybridized carbons (Fsp3) is 0.846. The van der Waals surface area contributed by atoms with Crippen LogP contribution in [0.4, 0.5) is 0 Å². The van der Waals surface area contributed by atoms with E-state index in [1.54, 1.807) is 7.11 Å². The van der Waals surface area contributed by atoms with E-state index in [9.17, 15) is 0 Å². The predicted octanol–water partition coefficient (Wildman–Crippen LogP) is 2.17. The van der Waals surface area contributed by atoms with E-state index in [-0.39, 0.29) is 6.10 Å². The second-order valence-corrected chi connectivity index (χ2v) is 5.39. The molecule has 1 aromatic rings. The highest BCUT2D eigenvalue weighted by molar-refractivity contribution is 5.10. The standard InChI is InChI=1S/C13H21N3O2/c1-3-4-11(17-2)12-15-13(18-16-12)9-7-8-5-6-10(9)14-8/h8-11,14H,3-7H2,1-2H3. The van der Waals surface area contributed by atoms with Crippen LogP contribution in [0.5, 0.6) is 0 Å². The lowest BCUT2D eigenvalue weighted by Crippen LogP contribution is -2.21. The van der Waals surface area contributed by atoms with Gasteiger partial charge in [-0.15, -0.1) is 0 Å². The average molecular weight is 251 g/mol. The van der Waals surface area contributed by atoms with Gasteiger partial charge in [0.1, 0.15) is 6.10 Å². The first-order chi connectivity index (χ1) is 8.81. The zero-order chi connectivity index (χ0) is 12.5. The first-order valence-electron chi connectivity index (χ1n) is 6.94. The lowest BCUT2D eigenvalue weighted by molar-refractivity contribution is 0.0854. The highest BCUT2D eigenvalue weighted by Gasteiger charge is 2.42. The summed E-state index contributed by atoms with van der Waals surface area (Å²) in [6.45, 7) is 2.13. The van der Waals surface area contributed by atoms with Crippen LogP contribution in [0, 0.1) is 0 Å². The van der Waals surface area contributed by atoms with Crippen molar-refractivity contribution in [2.75, 3.05) is 7.11 Å². The van der Waals surface area contributed by atoms with Crippen molar-refractivity contribution < 1.29 is 9.26 Å². The van der Waals surface area contributed by atoms with E-state index in [0.29, 0.717) is 23.8 Å². The van der Waals surface area contributed by atoms with Crippen molar-refractivity contribution in [3.63, 3.8) is 0 Å². The second kappa shape index (κ2) is 4.97. The molecule has 100 valence electrons. The second-order valence-electron chi connectivity index (χ2n) is 5.39. The molecule has 1 aromatic heterocycles. The molecule has 5 heteroatoms. The van der Waals surface area contributed by atoms with Crippen LogP contribution in [0.1, 0.15) is 62.8 Å². The van der Waals surface area contributed by atoms with Crippen LogP contribution in [0.25, 0.3) is 0 Å². The Hall–Kier alpha value is -0.940. The molecule has 3 heterocycles. The molecule has 2 saturated heterocycles. The minimum Gasteiger partial charge on any atom is -0.373 e. The highest BCUT2D eigenvalue weighted by atomic mass is 16.5. The molecule has 5 nitrogen and oxygen atoms in total. The number of rotatable bonds is 5. The van der Waals surface area contributed by atoms with Crippen molar-refractivity contribution in [2.24, 2.45) is 0 Å². The molecule has 2 aliphatic rings. The van der Waals surface area contributed by atoms with Gasteiger partial charge in [-0.1, -0.05) is 18.5 Å². The summed E-state index contributed by atoms with van der Waals surface area (Å²) in [4.78, 5) is 4.56. The number of methoxy groups -OCH3 is 1. The number of nitrogens with zero attached hydrogens (tertiary/aromatic N) is 2. The highest BCUT2D eigenvalue weighted by Crippen LogP contribution is 2.39. The van der Waals surface area contributed by atoms with Crippen molar-refractivity contribution in [1.82, 2.24) is 15.5 Å². The minimum absolute atomic E-state index is 0.0287. The lowest BCUT2D eigenvalue weighted by Gasteiger charge is -2.15. The van der Waals surface area contributed by atoms with Crippen molar-refractivity contribution in [1.29, 1.82) is 0 Å². The van der Waals surface area contributed by atoms with Gasteiger partial charge in [0.25, 0.3) is 0 Å². The summed E-state index contributed by atoms with van der Waals surface area (Å²) in [7, 11) is 1.70. The number of ether oxygens (including phenoxy) is 1. The monoisotopic (exact) mass is 251 g/mol. The molecule has 0 aromatic carbocycles. The maximum atomic E-state index is 5.45. The van der Waals surface area contributed by atoms with E-state index >= 15 is 0 Å². The predicted molar refractivity (Wildman–Crippen MR) is 66.3 cm³/mol. The molecule has 0 aliphatic carbocycles. The zero-order valence-corrected chi connectivity index (χ0v) is 11.1. The molecule has 4 unspecified atom stereocenters. The van der Waals surface area contributed by atoms with Crippen LogP contribution in [0.2, 0.25) is 0 Å². The van der Waals surface area contributed by atoms with E-state index in [1.165, 1.54) is 12.8 Å². The van der Waals surface area contributed by atoms with Gasteiger partial charge in [0.2, 0.25) is 11.7 Å². The normalized spacial score (nSPS) is 32.0. The molecule has 0 saturated carbocycles. The van der Waals surface area contributed by atoms with Gasteiger partial charge < -0.3 is 14.6 Å². The number of hydrogen-bond acceptors (Lipinski definition) is 5. The topological polar surface area (TPSA) is 60.2 Å². The molecule has 0 amide bonds. The van der Waals surface area contributed by atoms with Crippen molar-refractivity contribution in [3.05, 3.63) is 11.7 Å². The molecule has 4 atom stereocenters. The number of aromatic nitrogens is 2. The van der Waals surface area contributed by atoms with Crippen LogP contribution < -0.4 is 5.32 Å². The first-order valence-corrected chi connectivity index (χ1v) is 6.94. The molecular formula is C13H21N3O2. The smallest absolute Gasteiger partial charge is 0.231 e. The quantitative estimate of drug-likeness (QED) is 0.869. The van der Waals surface area contributed by atoms with Gasteiger partial charge in [-0.2, -0.15) is 4.98 Å². The lowest BCUT2D eigenvalue weighted by atomic mass is 9.89. The van der Waals surface area contributed by atoms with Gasteiger partial charge in [0.15, 0.2) is 0 Å². The molecular weight excluding hydrogens is 230 g/mol. The minimum atomic E-state index is -0.0287. The van der Waals surface area contributed by atoms with E-state index in [2.05, 4.69) is 22.4 Å². The Balaban J connectivity index is 1.73. The van der Waals surface area contributed by atoms with Gasteiger partial charge in [-0.05, 0) is 25.7 Å². The van der Waals surface area contributed by atoms with Crippen molar-refractivity contribution in [3.8, 4) is 0 Å².